The standard InChI is InChI=1S/C18H11F3N2O/c19-18(20,21)12-7-5-11(6-8-12)15-10-22-17-9-16(24)13-3-1-2-4-14(13)23(15)17/h1-10,24H. The number of hydrogen-bond acceptors (Lipinski definition) is 2. The number of hydrogen-bond donors (Lipinski definition) is 1. The first-order valence-corrected chi connectivity index (χ1v) is 7.21. The third kappa shape index (κ3) is 2.19. The van der Waals surface area contributed by atoms with Gasteiger partial charge in [-0.05, 0) is 24.3 Å². The highest BCUT2D eigenvalue weighted by Gasteiger charge is 2.30. The van der Waals surface area contributed by atoms with Gasteiger partial charge in [-0.25, -0.2) is 4.98 Å². The predicted octanol–water partition coefficient (Wildman–Crippen LogP) is 4.88. The van der Waals surface area contributed by atoms with Gasteiger partial charge in [0, 0.05) is 17.0 Å². The van der Waals surface area contributed by atoms with Gasteiger partial charge in [-0.1, -0.05) is 24.3 Å². The minimum absolute atomic E-state index is 0.114. The second-order valence-corrected chi connectivity index (χ2v) is 5.46. The van der Waals surface area contributed by atoms with Gasteiger partial charge in [-0.15, -0.1) is 0 Å². The van der Waals surface area contributed by atoms with E-state index < -0.39 is 11.7 Å². The van der Waals surface area contributed by atoms with Crippen LogP contribution >= 0.6 is 0 Å². The van der Waals surface area contributed by atoms with E-state index >= 15 is 0 Å². The van der Waals surface area contributed by atoms with Crippen molar-refractivity contribution < 1.29 is 18.3 Å². The summed E-state index contributed by atoms with van der Waals surface area (Å²) in [7, 11) is 0. The molecule has 0 amide bonds. The van der Waals surface area contributed by atoms with Crippen LogP contribution in [0.4, 0.5) is 13.2 Å². The Bertz CT molecular complexity index is 1050. The summed E-state index contributed by atoms with van der Waals surface area (Å²) in [5.41, 5.74) is 1.85. The molecule has 6 heteroatoms. The lowest BCUT2D eigenvalue weighted by molar-refractivity contribution is -0.137. The topological polar surface area (TPSA) is 37.5 Å². The Morgan fingerprint density at radius 1 is 0.958 bits per heavy atom. The Kier molecular flexibility index (Phi) is 3.03. The van der Waals surface area contributed by atoms with E-state index in [9.17, 15) is 18.3 Å². The van der Waals surface area contributed by atoms with E-state index in [-0.39, 0.29) is 5.75 Å². The molecule has 0 radical (unpaired) electrons. The number of aromatic nitrogens is 2. The molecule has 0 aliphatic carbocycles. The van der Waals surface area contributed by atoms with Crippen LogP contribution in [0.3, 0.4) is 0 Å². The van der Waals surface area contributed by atoms with Crippen LogP contribution in [0.2, 0.25) is 0 Å². The number of fused-ring (bicyclic) bond motifs is 3. The molecule has 3 nitrogen and oxygen atoms in total. The first kappa shape index (κ1) is 14.6. The molecule has 0 aliphatic rings. The fourth-order valence-corrected chi connectivity index (χ4v) is 2.84. The van der Waals surface area contributed by atoms with Gasteiger partial charge < -0.3 is 5.11 Å². The molecule has 1 N–H and O–H groups in total. The minimum Gasteiger partial charge on any atom is -0.507 e. The van der Waals surface area contributed by atoms with Crippen LogP contribution in [0.1, 0.15) is 5.56 Å². The normalized spacial score (nSPS) is 12.1. The first-order valence-electron chi connectivity index (χ1n) is 7.21. The second-order valence-electron chi connectivity index (χ2n) is 5.46. The molecule has 2 aromatic carbocycles. The predicted molar refractivity (Wildman–Crippen MR) is 84.8 cm³/mol. The summed E-state index contributed by atoms with van der Waals surface area (Å²) in [5.74, 6) is 0.114. The molecule has 4 rings (SSSR count). The largest absolute Gasteiger partial charge is 0.507 e. The van der Waals surface area contributed by atoms with Crippen LogP contribution in [-0.4, -0.2) is 14.5 Å². The third-order valence-electron chi connectivity index (χ3n) is 3.98. The van der Waals surface area contributed by atoms with Gasteiger partial charge in [-0.3, -0.25) is 4.40 Å². The van der Waals surface area contributed by atoms with Crippen LogP contribution < -0.4 is 0 Å². The molecule has 0 saturated heterocycles. The summed E-state index contributed by atoms with van der Waals surface area (Å²) in [4.78, 5) is 4.26. The van der Waals surface area contributed by atoms with E-state index in [0.717, 1.165) is 17.6 Å². The second kappa shape index (κ2) is 4.99. The summed E-state index contributed by atoms with van der Waals surface area (Å²) < 4.78 is 40.0. The summed E-state index contributed by atoms with van der Waals surface area (Å²) in [5, 5.41) is 10.7. The van der Waals surface area contributed by atoms with Crippen LogP contribution in [0, 0.1) is 0 Å². The maximum Gasteiger partial charge on any atom is 0.416 e. The van der Waals surface area contributed by atoms with Gasteiger partial charge in [0.1, 0.15) is 11.4 Å². The third-order valence-corrected chi connectivity index (χ3v) is 3.98. The SMILES string of the molecule is Oc1cc2ncc(-c3ccc(C(F)(F)F)cc3)n2c2ccccc12. The van der Waals surface area contributed by atoms with E-state index in [0.29, 0.717) is 22.3 Å². The van der Waals surface area contributed by atoms with Gasteiger partial charge in [0.25, 0.3) is 0 Å². The number of nitrogens with zero attached hydrogens (tertiary/aromatic N) is 2. The highest BCUT2D eigenvalue weighted by Crippen LogP contribution is 2.33. The highest BCUT2D eigenvalue weighted by atomic mass is 19.4. The molecule has 0 unspecified atom stereocenters. The fourth-order valence-electron chi connectivity index (χ4n) is 2.84. The van der Waals surface area contributed by atoms with Crippen molar-refractivity contribution in [1.29, 1.82) is 0 Å². The number of benzene rings is 2. The molecule has 0 aliphatic heterocycles. The zero-order valence-corrected chi connectivity index (χ0v) is 12.2. The van der Waals surface area contributed by atoms with Crippen molar-refractivity contribution in [2.45, 2.75) is 6.18 Å². The Hall–Kier alpha value is -3.02. The average Bonchev–Trinajstić information content (AvgIpc) is 2.98. The van der Waals surface area contributed by atoms with Crippen molar-refractivity contribution in [2.75, 3.05) is 0 Å². The van der Waals surface area contributed by atoms with Crippen molar-refractivity contribution in [3.05, 3.63) is 66.4 Å². The van der Waals surface area contributed by atoms with Gasteiger partial charge in [-0.2, -0.15) is 13.2 Å². The average molecular weight is 328 g/mol. The number of para-hydroxylation sites is 1. The van der Waals surface area contributed by atoms with Crippen LogP contribution in [-0.2, 0) is 6.18 Å². The van der Waals surface area contributed by atoms with Crippen LogP contribution in [0.25, 0.3) is 27.8 Å². The lowest BCUT2D eigenvalue weighted by Crippen LogP contribution is -2.04. The lowest BCUT2D eigenvalue weighted by Gasteiger charge is -2.10. The molecular formula is C18H11F3N2O. The first-order chi connectivity index (χ1) is 11.4. The monoisotopic (exact) mass is 328 g/mol. The van der Waals surface area contributed by atoms with Crippen molar-refractivity contribution in [1.82, 2.24) is 9.38 Å². The van der Waals surface area contributed by atoms with Gasteiger partial charge >= 0.3 is 6.18 Å². The van der Waals surface area contributed by atoms with Crippen molar-refractivity contribution in [2.24, 2.45) is 0 Å². The number of halogens is 3. The zero-order valence-electron chi connectivity index (χ0n) is 12.2. The Labute approximate surface area is 134 Å². The molecule has 2 heterocycles. The van der Waals surface area contributed by atoms with Crippen LogP contribution in [0.15, 0.2) is 60.8 Å². The minimum atomic E-state index is -4.36. The van der Waals surface area contributed by atoms with Gasteiger partial charge in [0.15, 0.2) is 0 Å². The molecule has 0 saturated carbocycles. The number of alkyl halides is 3. The molecule has 24 heavy (non-hydrogen) atoms. The van der Waals surface area contributed by atoms with Gasteiger partial charge in [0.2, 0.25) is 0 Å². The number of imidazole rings is 1. The maximum atomic E-state index is 12.7. The van der Waals surface area contributed by atoms with E-state index in [1.54, 1.807) is 12.3 Å². The molecule has 0 bridgehead atoms. The number of aromatic hydroxyl groups is 1. The molecule has 0 spiro atoms. The highest BCUT2D eigenvalue weighted by molar-refractivity contribution is 5.90. The lowest BCUT2D eigenvalue weighted by atomic mass is 10.1. The quantitative estimate of drug-likeness (QED) is 0.541. The Morgan fingerprint density at radius 2 is 1.67 bits per heavy atom. The fraction of sp³-hybridized carbons (Fsp3) is 0.0556. The Morgan fingerprint density at radius 3 is 2.38 bits per heavy atom. The number of pyridine rings is 1. The van der Waals surface area contributed by atoms with E-state index in [4.69, 9.17) is 0 Å². The Balaban J connectivity index is 1.96. The smallest absolute Gasteiger partial charge is 0.416 e. The zero-order chi connectivity index (χ0) is 16.9. The summed E-state index contributed by atoms with van der Waals surface area (Å²) in [6, 6.07) is 13.7. The molecule has 120 valence electrons. The van der Waals surface area contributed by atoms with Crippen molar-refractivity contribution in [3.8, 4) is 17.0 Å². The van der Waals surface area contributed by atoms with Crippen molar-refractivity contribution in [3.63, 3.8) is 0 Å². The summed E-state index contributed by atoms with van der Waals surface area (Å²) >= 11 is 0. The van der Waals surface area contributed by atoms with Gasteiger partial charge in [0.05, 0.1) is 23.0 Å². The molecule has 0 fully saturated rings. The van der Waals surface area contributed by atoms with E-state index in [1.807, 2.05) is 22.6 Å². The molecular weight excluding hydrogens is 317 g/mol. The van der Waals surface area contributed by atoms with Crippen molar-refractivity contribution >= 4 is 16.6 Å². The summed E-state index contributed by atoms with van der Waals surface area (Å²) in [6.07, 6.45) is -2.78. The van der Waals surface area contributed by atoms with E-state index in [2.05, 4.69) is 4.98 Å². The van der Waals surface area contributed by atoms with Crippen LogP contribution in [0.5, 0.6) is 5.75 Å². The maximum absolute atomic E-state index is 12.7. The molecule has 4 aromatic rings. The van der Waals surface area contributed by atoms with E-state index in [1.165, 1.54) is 18.2 Å². The molecule has 0 atom stereocenters. The summed E-state index contributed by atoms with van der Waals surface area (Å²) in [6.45, 7) is 0. The number of rotatable bonds is 1. The molecule has 2 aromatic heterocycles.